The van der Waals surface area contributed by atoms with Crippen LogP contribution in [0.15, 0.2) is 48.5 Å². The van der Waals surface area contributed by atoms with Gasteiger partial charge in [-0.15, -0.1) is 0 Å². The van der Waals surface area contributed by atoms with Crippen molar-refractivity contribution in [3.05, 3.63) is 70.8 Å². The summed E-state index contributed by atoms with van der Waals surface area (Å²) in [6, 6.07) is 13.1. The first kappa shape index (κ1) is 25.1. The molecule has 1 fully saturated rings. The SMILES string of the molecule is CNC(=O)C(C(=O)CO)N(C)C(=O)c1ccc(C#Cc2ccc(CN3CCC(O)C3)cc2)cc1. The molecule has 2 atom stereocenters. The van der Waals surface area contributed by atoms with E-state index in [1.807, 2.05) is 24.3 Å². The van der Waals surface area contributed by atoms with E-state index in [0.29, 0.717) is 17.7 Å². The molecule has 0 radical (unpaired) electrons. The zero-order chi connectivity index (χ0) is 24.7. The van der Waals surface area contributed by atoms with Crippen LogP contribution in [0, 0.1) is 11.8 Å². The molecule has 0 saturated carbocycles. The number of aliphatic hydroxyl groups excluding tert-OH is 2. The second kappa shape index (κ2) is 11.6. The van der Waals surface area contributed by atoms with E-state index in [1.165, 1.54) is 19.7 Å². The molecule has 3 rings (SSSR count). The normalized spacial score (nSPS) is 16.3. The Morgan fingerprint density at radius 2 is 1.68 bits per heavy atom. The molecule has 2 unspecified atom stereocenters. The zero-order valence-corrected chi connectivity index (χ0v) is 19.3. The molecular formula is C26H29N3O5. The van der Waals surface area contributed by atoms with E-state index in [9.17, 15) is 19.5 Å². The lowest BCUT2D eigenvalue weighted by atomic mass is 10.1. The van der Waals surface area contributed by atoms with Gasteiger partial charge in [-0.25, -0.2) is 0 Å². The number of aliphatic hydroxyl groups is 2. The first-order chi connectivity index (χ1) is 16.3. The van der Waals surface area contributed by atoms with Gasteiger partial charge in [0.1, 0.15) is 6.61 Å². The van der Waals surface area contributed by atoms with Crippen molar-refractivity contribution in [2.75, 3.05) is 33.8 Å². The number of nitrogens with one attached hydrogen (secondary N) is 1. The molecule has 1 aliphatic rings. The smallest absolute Gasteiger partial charge is 0.254 e. The van der Waals surface area contributed by atoms with Crippen LogP contribution < -0.4 is 5.32 Å². The zero-order valence-electron chi connectivity index (χ0n) is 19.3. The average Bonchev–Trinajstić information content (AvgIpc) is 3.27. The Labute approximate surface area is 199 Å². The Morgan fingerprint density at radius 3 is 2.18 bits per heavy atom. The number of nitrogens with zero attached hydrogens (tertiary/aromatic N) is 2. The highest BCUT2D eigenvalue weighted by Crippen LogP contribution is 2.14. The number of carbonyl (C=O) groups is 3. The van der Waals surface area contributed by atoms with Crippen molar-refractivity contribution in [2.45, 2.75) is 25.1 Å². The van der Waals surface area contributed by atoms with E-state index in [2.05, 4.69) is 22.1 Å². The third-order valence-corrected chi connectivity index (χ3v) is 5.75. The van der Waals surface area contributed by atoms with Gasteiger partial charge in [-0.3, -0.25) is 19.3 Å². The lowest BCUT2D eigenvalue weighted by Crippen LogP contribution is -2.52. The Bertz CT molecular complexity index is 1070. The molecule has 0 spiro atoms. The summed E-state index contributed by atoms with van der Waals surface area (Å²) >= 11 is 0. The largest absolute Gasteiger partial charge is 0.392 e. The van der Waals surface area contributed by atoms with Gasteiger partial charge >= 0.3 is 0 Å². The molecule has 34 heavy (non-hydrogen) atoms. The van der Waals surface area contributed by atoms with Crippen molar-refractivity contribution in [3.8, 4) is 11.8 Å². The lowest BCUT2D eigenvalue weighted by Gasteiger charge is -2.25. The van der Waals surface area contributed by atoms with Crippen LogP contribution in [0.25, 0.3) is 0 Å². The van der Waals surface area contributed by atoms with Gasteiger partial charge in [-0.05, 0) is 48.4 Å². The maximum atomic E-state index is 12.7. The maximum absolute atomic E-state index is 12.7. The second-order valence-corrected chi connectivity index (χ2v) is 8.26. The van der Waals surface area contributed by atoms with Crippen molar-refractivity contribution >= 4 is 17.6 Å². The Morgan fingerprint density at radius 1 is 1.09 bits per heavy atom. The van der Waals surface area contributed by atoms with Crippen LogP contribution in [-0.2, 0) is 16.1 Å². The standard InChI is InChI=1S/C26H29N3O5/c1-27-25(33)24(23(32)17-30)28(2)26(34)21-11-9-19(10-12-21)4-3-18-5-7-20(8-6-18)15-29-14-13-22(31)16-29/h5-12,22,24,30-31H,13-17H2,1-2H3,(H,27,33). The molecule has 1 heterocycles. The summed E-state index contributed by atoms with van der Waals surface area (Å²) < 4.78 is 0. The molecule has 8 heteroatoms. The molecular weight excluding hydrogens is 434 g/mol. The maximum Gasteiger partial charge on any atom is 0.254 e. The summed E-state index contributed by atoms with van der Waals surface area (Å²) in [5.74, 6) is 4.22. The van der Waals surface area contributed by atoms with Crippen LogP contribution in [0.3, 0.4) is 0 Å². The fourth-order valence-electron chi connectivity index (χ4n) is 3.83. The van der Waals surface area contributed by atoms with Gasteiger partial charge in [-0.1, -0.05) is 24.0 Å². The minimum atomic E-state index is -1.40. The van der Waals surface area contributed by atoms with Crippen LogP contribution in [-0.4, -0.2) is 83.5 Å². The molecule has 0 aromatic heterocycles. The predicted octanol–water partition coefficient (Wildman–Crippen LogP) is 0.401. The topological polar surface area (TPSA) is 110 Å². The number of amides is 2. The van der Waals surface area contributed by atoms with Crippen molar-refractivity contribution < 1.29 is 24.6 Å². The van der Waals surface area contributed by atoms with Crippen molar-refractivity contribution in [1.29, 1.82) is 0 Å². The minimum Gasteiger partial charge on any atom is -0.392 e. The molecule has 8 nitrogen and oxygen atoms in total. The van der Waals surface area contributed by atoms with Gasteiger partial charge in [0.05, 0.1) is 6.10 Å². The first-order valence-corrected chi connectivity index (χ1v) is 11.1. The van der Waals surface area contributed by atoms with E-state index in [4.69, 9.17) is 5.11 Å². The molecule has 178 valence electrons. The van der Waals surface area contributed by atoms with Crippen molar-refractivity contribution in [3.63, 3.8) is 0 Å². The Hall–Kier alpha value is -3.51. The number of benzene rings is 2. The van der Waals surface area contributed by atoms with E-state index < -0.39 is 30.2 Å². The van der Waals surface area contributed by atoms with Gasteiger partial charge in [0.15, 0.2) is 11.8 Å². The van der Waals surface area contributed by atoms with Gasteiger partial charge in [0, 0.05) is 50.4 Å². The fourth-order valence-corrected chi connectivity index (χ4v) is 3.83. The Balaban J connectivity index is 1.64. The van der Waals surface area contributed by atoms with Crippen molar-refractivity contribution in [1.82, 2.24) is 15.1 Å². The summed E-state index contributed by atoms with van der Waals surface area (Å²) in [4.78, 5) is 40.0. The third kappa shape index (κ3) is 6.29. The molecule has 2 amide bonds. The van der Waals surface area contributed by atoms with Gasteiger partial charge in [0.2, 0.25) is 5.91 Å². The summed E-state index contributed by atoms with van der Waals surface area (Å²) in [7, 11) is 2.71. The number of hydrogen-bond donors (Lipinski definition) is 3. The molecule has 2 aromatic carbocycles. The fraction of sp³-hybridized carbons (Fsp3) is 0.346. The van der Waals surface area contributed by atoms with Crippen LogP contribution in [0.2, 0.25) is 0 Å². The predicted molar refractivity (Wildman–Crippen MR) is 127 cm³/mol. The summed E-state index contributed by atoms with van der Waals surface area (Å²) in [6.07, 6.45) is 0.590. The lowest BCUT2D eigenvalue weighted by molar-refractivity contribution is -0.135. The van der Waals surface area contributed by atoms with Crippen LogP contribution in [0.5, 0.6) is 0 Å². The quantitative estimate of drug-likeness (QED) is 0.405. The summed E-state index contributed by atoms with van der Waals surface area (Å²) in [6.45, 7) is 1.58. The highest BCUT2D eigenvalue weighted by Gasteiger charge is 2.32. The second-order valence-electron chi connectivity index (χ2n) is 8.26. The molecule has 2 aromatic rings. The average molecular weight is 464 g/mol. The number of likely N-dealkylation sites (tertiary alicyclic amines) is 1. The first-order valence-electron chi connectivity index (χ1n) is 11.1. The van der Waals surface area contributed by atoms with Crippen LogP contribution >= 0.6 is 0 Å². The summed E-state index contributed by atoms with van der Waals surface area (Å²) in [5, 5.41) is 21.1. The van der Waals surface area contributed by atoms with Gasteiger partial charge in [-0.2, -0.15) is 0 Å². The van der Waals surface area contributed by atoms with E-state index >= 15 is 0 Å². The van der Waals surface area contributed by atoms with Crippen LogP contribution in [0.4, 0.5) is 0 Å². The highest BCUT2D eigenvalue weighted by molar-refractivity contribution is 6.10. The monoisotopic (exact) mass is 463 g/mol. The number of ketones is 1. The number of Topliss-reactive ketones (excluding diaryl/α,β-unsaturated/α-hetero) is 1. The number of carbonyl (C=O) groups excluding carboxylic acids is 3. The molecule has 0 bridgehead atoms. The number of β-amino-alcohol motifs (C(OH)–C–C–N with tert-alkyl or cyclic N) is 1. The number of rotatable bonds is 7. The summed E-state index contributed by atoms with van der Waals surface area (Å²) in [5.41, 5.74) is 3.04. The Kier molecular flexibility index (Phi) is 8.55. The van der Waals surface area contributed by atoms with Crippen molar-refractivity contribution in [2.24, 2.45) is 0 Å². The highest BCUT2D eigenvalue weighted by atomic mass is 16.3. The number of likely N-dealkylation sites (N-methyl/N-ethyl adjacent to an activating group) is 2. The molecule has 1 aliphatic heterocycles. The minimum absolute atomic E-state index is 0.229. The van der Waals surface area contributed by atoms with Gasteiger partial charge < -0.3 is 20.4 Å². The molecule has 3 N–H and O–H groups in total. The third-order valence-electron chi connectivity index (χ3n) is 5.75. The van der Waals surface area contributed by atoms with E-state index in [1.54, 1.807) is 24.3 Å². The molecule has 0 aliphatic carbocycles. The molecule has 1 saturated heterocycles. The van der Waals surface area contributed by atoms with Gasteiger partial charge in [0.25, 0.3) is 5.91 Å². The van der Waals surface area contributed by atoms with Crippen LogP contribution in [0.1, 0.15) is 33.5 Å². The number of hydrogen-bond acceptors (Lipinski definition) is 6. The van der Waals surface area contributed by atoms with E-state index in [-0.39, 0.29) is 6.10 Å². The van der Waals surface area contributed by atoms with E-state index in [0.717, 1.165) is 30.0 Å².